The van der Waals surface area contributed by atoms with Crippen LogP contribution in [0.15, 0.2) is 47.4 Å². The molecular weight excluding hydrogens is 459 g/mol. The predicted molar refractivity (Wildman–Crippen MR) is 112 cm³/mol. The van der Waals surface area contributed by atoms with Crippen molar-refractivity contribution in [3.05, 3.63) is 48.7 Å². The first-order valence-electron chi connectivity index (χ1n) is 10.6. The van der Waals surface area contributed by atoms with Crippen molar-refractivity contribution in [1.29, 1.82) is 0 Å². The topological polar surface area (TPSA) is 72.9 Å². The Morgan fingerprint density at radius 2 is 1.76 bits per heavy atom. The van der Waals surface area contributed by atoms with Gasteiger partial charge in [0.15, 0.2) is 0 Å². The second kappa shape index (κ2) is 8.42. The van der Waals surface area contributed by atoms with E-state index in [2.05, 4.69) is 24.6 Å². The molecule has 178 valence electrons. The standard InChI is InChI=1S/C22H19F5N6O/c23-21(24)3-7-32(8-4-21)9-10-33-6-2-15-13-29-17(12-18(15)33)16-11-14(1-5-28-16)19-30-20(34-31-19)22(25,26)27/h1-2,5-6,11-13H,3-4,7-10H2. The number of likely N-dealkylation sites (tertiary alicyclic amines) is 1. The van der Waals surface area contributed by atoms with Gasteiger partial charge in [-0.3, -0.25) is 9.97 Å². The van der Waals surface area contributed by atoms with Crippen molar-refractivity contribution in [2.75, 3.05) is 19.6 Å². The van der Waals surface area contributed by atoms with Crippen molar-refractivity contribution in [3.63, 3.8) is 0 Å². The molecular formula is C22H19F5N6O. The summed E-state index contributed by atoms with van der Waals surface area (Å²) in [5.74, 6) is -4.20. The van der Waals surface area contributed by atoms with Gasteiger partial charge < -0.3 is 14.0 Å². The Labute approximate surface area is 190 Å². The maximum Gasteiger partial charge on any atom is 0.471 e. The molecule has 12 heteroatoms. The first-order chi connectivity index (χ1) is 16.2. The van der Waals surface area contributed by atoms with Crippen LogP contribution in [0.5, 0.6) is 0 Å². The fourth-order valence-electron chi connectivity index (χ4n) is 3.94. The molecule has 0 aliphatic carbocycles. The minimum atomic E-state index is -4.73. The molecule has 4 aromatic heterocycles. The van der Waals surface area contributed by atoms with Crippen molar-refractivity contribution in [2.24, 2.45) is 0 Å². The van der Waals surface area contributed by atoms with Gasteiger partial charge in [0.1, 0.15) is 0 Å². The summed E-state index contributed by atoms with van der Waals surface area (Å²) in [6.45, 7) is 1.99. The molecule has 0 bridgehead atoms. The van der Waals surface area contributed by atoms with Crippen LogP contribution in [0.1, 0.15) is 18.7 Å². The van der Waals surface area contributed by atoms with E-state index >= 15 is 0 Å². The smallest absolute Gasteiger partial charge is 0.346 e. The number of aromatic nitrogens is 5. The predicted octanol–water partition coefficient (Wildman–Crippen LogP) is 4.90. The van der Waals surface area contributed by atoms with Gasteiger partial charge in [-0.2, -0.15) is 18.2 Å². The van der Waals surface area contributed by atoms with E-state index in [-0.39, 0.29) is 18.7 Å². The van der Waals surface area contributed by atoms with Crippen molar-refractivity contribution in [1.82, 2.24) is 29.6 Å². The lowest BCUT2D eigenvalue weighted by atomic mass is 10.1. The quantitative estimate of drug-likeness (QED) is 0.380. The highest BCUT2D eigenvalue weighted by atomic mass is 19.4. The summed E-state index contributed by atoms with van der Waals surface area (Å²) >= 11 is 0. The molecule has 0 aromatic carbocycles. The average Bonchev–Trinajstić information content (AvgIpc) is 3.46. The molecule has 4 aromatic rings. The molecule has 34 heavy (non-hydrogen) atoms. The Morgan fingerprint density at radius 1 is 1.00 bits per heavy atom. The molecule has 0 atom stereocenters. The summed E-state index contributed by atoms with van der Waals surface area (Å²) in [5, 5.41) is 4.31. The Morgan fingerprint density at radius 3 is 2.50 bits per heavy atom. The number of alkyl halides is 5. The number of pyridine rings is 2. The lowest BCUT2D eigenvalue weighted by Gasteiger charge is -2.31. The molecule has 0 saturated carbocycles. The zero-order valence-corrected chi connectivity index (χ0v) is 17.8. The van der Waals surface area contributed by atoms with Crippen molar-refractivity contribution in [3.8, 4) is 22.8 Å². The molecule has 0 radical (unpaired) electrons. The van der Waals surface area contributed by atoms with E-state index < -0.39 is 18.0 Å². The van der Waals surface area contributed by atoms with E-state index in [1.165, 1.54) is 12.3 Å². The molecule has 0 spiro atoms. The van der Waals surface area contributed by atoms with Crippen LogP contribution in [0.4, 0.5) is 22.0 Å². The Hall–Kier alpha value is -3.41. The number of halogens is 5. The molecule has 1 saturated heterocycles. The van der Waals surface area contributed by atoms with E-state index in [9.17, 15) is 22.0 Å². The third-order valence-corrected chi connectivity index (χ3v) is 5.85. The molecule has 1 aliphatic heterocycles. The number of rotatable bonds is 5. The lowest BCUT2D eigenvalue weighted by Crippen LogP contribution is -2.40. The molecule has 7 nitrogen and oxygen atoms in total. The third kappa shape index (κ3) is 4.63. The first kappa shape index (κ1) is 22.4. The van der Waals surface area contributed by atoms with Gasteiger partial charge >= 0.3 is 12.1 Å². The SMILES string of the molecule is FC1(F)CCN(CCn2ccc3cnc(-c4cc(-c5noc(C(F)(F)F)n5)ccn4)cc32)CC1. The maximum atomic E-state index is 13.4. The lowest BCUT2D eigenvalue weighted by molar-refractivity contribution is -0.159. The number of hydrogen-bond donors (Lipinski definition) is 0. The molecule has 5 rings (SSSR count). The van der Waals surface area contributed by atoms with Gasteiger partial charge in [0.2, 0.25) is 5.82 Å². The van der Waals surface area contributed by atoms with Crippen molar-refractivity contribution in [2.45, 2.75) is 31.5 Å². The second-order valence-corrected chi connectivity index (χ2v) is 8.19. The van der Waals surface area contributed by atoms with Crippen LogP contribution in [-0.2, 0) is 12.7 Å². The van der Waals surface area contributed by atoms with E-state index in [4.69, 9.17) is 0 Å². The van der Waals surface area contributed by atoms with Crippen molar-refractivity contribution >= 4 is 10.9 Å². The van der Waals surface area contributed by atoms with Crippen LogP contribution in [0.3, 0.4) is 0 Å². The zero-order valence-electron chi connectivity index (χ0n) is 17.8. The number of fused-ring (bicyclic) bond motifs is 1. The monoisotopic (exact) mass is 478 g/mol. The first-order valence-corrected chi connectivity index (χ1v) is 10.6. The fourth-order valence-corrected chi connectivity index (χ4v) is 3.94. The van der Waals surface area contributed by atoms with E-state index in [0.29, 0.717) is 43.1 Å². The Balaban J connectivity index is 1.36. The fraction of sp³-hybridized carbons (Fsp3) is 0.364. The van der Waals surface area contributed by atoms with Crippen LogP contribution in [0.2, 0.25) is 0 Å². The van der Waals surface area contributed by atoms with Gasteiger partial charge in [0.05, 0.1) is 16.9 Å². The highest BCUT2D eigenvalue weighted by Crippen LogP contribution is 2.31. The van der Waals surface area contributed by atoms with Crippen LogP contribution in [0, 0.1) is 0 Å². The summed E-state index contributed by atoms with van der Waals surface area (Å²) in [6.07, 6.45) is 0.0593. The summed E-state index contributed by atoms with van der Waals surface area (Å²) in [4.78, 5) is 14.1. The number of piperidine rings is 1. The van der Waals surface area contributed by atoms with E-state index in [1.54, 1.807) is 12.3 Å². The maximum absolute atomic E-state index is 13.4. The van der Waals surface area contributed by atoms with Gasteiger partial charge in [-0.05, 0) is 24.3 Å². The van der Waals surface area contributed by atoms with Gasteiger partial charge in [0, 0.05) is 68.6 Å². The highest BCUT2D eigenvalue weighted by Gasteiger charge is 2.38. The van der Waals surface area contributed by atoms with Crippen LogP contribution in [0.25, 0.3) is 33.7 Å². The molecule has 5 heterocycles. The Bertz CT molecular complexity index is 1300. The number of hydrogen-bond acceptors (Lipinski definition) is 6. The normalized spacial score (nSPS) is 16.9. The van der Waals surface area contributed by atoms with Gasteiger partial charge in [0.25, 0.3) is 5.92 Å². The molecule has 0 amide bonds. The Kier molecular flexibility index (Phi) is 5.54. The zero-order chi connectivity index (χ0) is 23.9. The highest BCUT2D eigenvalue weighted by molar-refractivity contribution is 5.83. The molecule has 0 unspecified atom stereocenters. The van der Waals surface area contributed by atoms with Crippen molar-refractivity contribution < 1.29 is 26.5 Å². The summed E-state index contributed by atoms with van der Waals surface area (Å²) in [6, 6.07) is 6.78. The van der Waals surface area contributed by atoms with Gasteiger partial charge in [-0.25, -0.2) is 8.78 Å². The summed E-state index contributed by atoms with van der Waals surface area (Å²) in [5.41, 5.74) is 2.15. The van der Waals surface area contributed by atoms with Gasteiger partial charge in [-0.1, -0.05) is 5.16 Å². The molecule has 1 aliphatic rings. The van der Waals surface area contributed by atoms with E-state index in [1.807, 2.05) is 27.8 Å². The third-order valence-electron chi connectivity index (χ3n) is 5.85. The summed E-state index contributed by atoms with van der Waals surface area (Å²) < 4.78 is 71.4. The summed E-state index contributed by atoms with van der Waals surface area (Å²) in [7, 11) is 0. The number of nitrogens with zero attached hydrogens (tertiary/aromatic N) is 6. The minimum absolute atomic E-state index is 0.125. The average molecular weight is 478 g/mol. The van der Waals surface area contributed by atoms with E-state index in [0.717, 1.165) is 10.9 Å². The molecule has 0 N–H and O–H groups in total. The largest absolute Gasteiger partial charge is 0.471 e. The van der Waals surface area contributed by atoms with Crippen LogP contribution >= 0.6 is 0 Å². The van der Waals surface area contributed by atoms with Crippen LogP contribution in [-0.4, -0.2) is 55.1 Å². The van der Waals surface area contributed by atoms with Gasteiger partial charge in [-0.15, -0.1) is 0 Å². The second-order valence-electron chi connectivity index (χ2n) is 8.19. The van der Waals surface area contributed by atoms with Crippen LogP contribution < -0.4 is 0 Å². The minimum Gasteiger partial charge on any atom is -0.346 e. The molecule has 1 fully saturated rings.